The summed E-state index contributed by atoms with van der Waals surface area (Å²) in [5.74, 6) is -0.198. The van der Waals surface area contributed by atoms with E-state index < -0.39 is 10.0 Å². The Labute approximate surface area is 93.8 Å². The second kappa shape index (κ2) is 4.95. The summed E-state index contributed by atoms with van der Waals surface area (Å²) in [6.07, 6.45) is 0. The van der Waals surface area contributed by atoms with Crippen LogP contribution in [-0.4, -0.2) is 26.0 Å². The highest BCUT2D eigenvalue weighted by Gasteiger charge is 2.13. The van der Waals surface area contributed by atoms with Gasteiger partial charge >= 0.3 is 0 Å². The first-order valence-electron chi connectivity index (χ1n) is 4.48. The Balaban J connectivity index is 2.82. The molecule has 0 radical (unpaired) electrons. The fraction of sp³-hybridized carbons (Fsp3) is 0.222. The SMILES string of the molecule is Cc1ccc(S(=O)(=O)NC/C(N)=N/O)cc1. The van der Waals surface area contributed by atoms with Gasteiger partial charge in [0.05, 0.1) is 11.4 Å². The molecule has 0 aliphatic rings. The third-order valence-corrected chi connectivity index (χ3v) is 3.32. The molecule has 0 spiro atoms. The van der Waals surface area contributed by atoms with Crippen LogP contribution in [0.1, 0.15) is 5.56 Å². The number of nitrogens with zero attached hydrogens (tertiary/aromatic N) is 1. The van der Waals surface area contributed by atoms with Gasteiger partial charge in [-0.15, -0.1) is 0 Å². The molecule has 0 fully saturated rings. The lowest BCUT2D eigenvalue weighted by atomic mass is 10.2. The van der Waals surface area contributed by atoms with E-state index in [9.17, 15) is 8.42 Å². The van der Waals surface area contributed by atoms with Gasteiger partial charge in [0.1, 0.15) is 0 Å². The Bertz CT molecular complexity index is 479. The first-order valence-corrected chi connectivity index (χ1v) is 5.97. The molecule has 0 heterocycles. The van der Waals surface area contributed by atoms with Gasteiger partial charge in [-0.05, 0) is 19.1 Å². The molecular weight excluding hydrogens is 230 g/mol. The van der Waals surface area contributed by atoms with Crippen LogP contribution in [0, 0.1) is 6.92 Å². The molecule has 1 aromatic rings. The van der Waals surface area contributed by atoms with Crippen LogP contribution in [0.4, 0.5) is 0 Å². The molecular formula is C9H13N3O3S. The molecule has 88 valence electrons. The second-order valence-electron chi connectivity index (χ2n) is 3.23. The lowest BCUT2D eigenvalue weighted by Gasteiger charge is -2.05. The summed E-state index contributed by atoms with van der Waals surface area (Å²) in [4.78, 5) is 0.142. The van der Waals surface area contributed by atoms with Crippen molar-refractivity contribution in [2.75, 3.05) is 6.54 Å². The minimum atomic E-state index is -3.60. The van der Waals surface area contributed by atoms with Gasteiger partial charge in [-0.25, -0.2) is 13.1 Å². The zero-order valence-corrected chi connectivity index (χ0v) is 9.53. The minimum absolute atomic E-state index is 0.142. The molecule has 4 N–H and O–H groups in total. The van der Waals surface area contributed by atoms with Gasteiger partial charge in [0.25, 0.3) is 0 Å². The zero-order valence-electron chi connectivity index (χ0n) is 8.71. The van der Waals surface area contributed by atoms with Crippen molar-refractivity contribution in [3.05, 3.63) is 29.8 Å². The molecule has 0 amide bonds. The standard InChI is InChI=1S/C9H13N3O3S/c1-7-2-4-8(5-3-7)16(14,15)11-6-9(10)12-13/h2-5,11,13H,6H2,1H3,(H2,10,12). The van der Waals surface area contributed by atoms with Crippen LogP contribution in [0.3, 0.4) is 0 Å². The van der Waals surface area contributed by atoms with Gasteiger partial charge in [0, 0.05) is 0 Å². The number of oxime groups is 1. The lowest BCUT2D eigenvalue weighted by Crippen LogP contribution is -2.33. The van der Waals surface area contributed by atoms with Crippen molar-refractivity contribution in [3.8, 4) is 0 Å². The molecule has 0 unspecified atom stereocenters. The average molecular weight is 243 g/mol. The topological polar surface area (TPSA) is 105 Å². The van der Waals surface area contributed by atoms with Crippen molar-refractivity contribution in [1.29, 1.82) is 0 Å². The summed E-state index contributed by atoms with van der Waals surface area (Å²) in [6, 6.07) is 6.37. The van der Waals surface area contributed by atoms with Crippen molar-refractivity contribution in [2.24, 2.45) is 10.9 Å². The van der Waals surface area contributed by atoms with Gasteiger partial charge in [0.2, 0.25) is 10.0 Å². The summed E-state index contributed by atoms with van der Waals surface area (Å²) in [5, 5.41) is 10.9. The highest BCUT2D eigenvalue weighted by Crippen LogP contribution is 2.09. The molecule has 7 heteroatoms. The highest BCUT2D eigenvalue weighted by molar-refractivity contribution is 7.89. The zero-order chi connectivity index (χ0) is 12.2. The Morgan fingerprint density at radius 3 is 2.50 bits per heavy atom. The molecule has 0 saturated carbocycles. The molecule has 0 aliphatic carbocycles. The maximum atomic E-state index is 11.7. The summed E-state index contributed by atoms with van der Waals surface area (Å²) >= 11 is 0. The Kier molecular flexibility index (Phi) is 3.86. The van der Waals surface area contributed by atoms with Gasteiger partial charge < -0.3 is 10.9 Å². The smallest absolute Gasteiger partial charge is 0.240 e. The van der Waals surface area contributed by atoms with Crippen LogP contribution in [0.5, 0.6) is 0 Å². The number of rotatable bonds is 4. The summed E-state index contributed by atoms with van der Waals surface area (Å²) < 4.78 is 25.5. The van der Waals surface area contributed by atoms with E-state index >= 15 is 0 Å². The number of nitrogens with two attached hydrogens (primary N) is 1. The van der Waals surface area contributed by atoms with Crippen molar-refractivity contribution in [2.45, 2.75) is 11.8 Å². The van der Waals surface area contributed by atoms with Crippen molar-refractivity contribution < 1.29 is 13.6 Å². The molecule has 16 heavy (non-hydrogen) atoms. The Morgan fingerprint density at radius 2 is 2.00 bits per heavy atom. The molecule has 0 saturated heterocycles. The monoisotopic (exact) mass is 243 g/mol. The van der Waals surface area contributed by atoms with Crippen LogP contribution >= 0.6 is 0 Å². The van der Waals surface area contributed by atoms with E-state index in [1.54, 1.807) is 12.1 Å². The van der Waals surface area contributed by atoms with Crippen molar-refractivity contribution >= 4 is 15.9 Å². The van der Waals surface area contributed by atoms with E-state index in [1.807, 2.05) is 6.92 Å². The first-order chi connectivity index (χ1) is 7.45. The second-order valence-corrected chi connectivity index (χ2v) is 5.00. The van der Waals surface area contributed by atoms with E-state index in [-0.39, 0.29) is 17.3 Å². The Morgan fingerprint density at radius 1 is 1.44 bits per heavy atom. The molecule has 1 rings (SSSR count). The molecule has 0 aliphatic heterocycles. The number of aryl methyl sites for hydroxylation is 1. The van der Waals surface area contributed by atoms with Crippen LogP contribution in [0.2, 0.25) is 0 Å². The van der Waals surface area contributed by atoms with E-state index in [0.717, 1.165) is 5.56 Å². The lowest BCUT2D eigenvalue weighted by molar-refractivity contribution is 0.317. The number of benzene rings is 1. The van der Waals surface area contributed by atoms with Gasteiger partial charge in [-0.3, -0.25) is 0 Å². The predicted molar refractivity (Wildman–Crippen MR) is 59.8 cm³/mol. The van der Waals surface area contributed by atoms with Crippen LogP contribution in [0.15, 0.2) is 34.3 Å². The van der Waals surface area contributed by atoms with E-state index in [2.05, 4.69) is 9.88 Å². The molecule has 6 nitrogen and oxygen atoms in total. The molecule has 0 atom stereocenters. The van der Waals surface area contributed by atoms with E-state index in [0.29, 0.717) is 0 Å². The summed E-state index contributed by atoms with van der Waals surface area (Å²) in [6.45, 7) is 1.63. The number of hydrogen-bond acceptors (Lipinski definition) is 4. The van der Waals surface area contributed by atoms with E-state index in [1.165, 1.54) is 12.1 Å². The van der Waals surface area contributed by atoms with Gasteiger partial charge in [0.15, 0.2) is 5.84 Å². The largest absolute Gasteiger partial charge is 0.409 e. The van der Waals surface area contributed by atoms with Crippen LogP contribution in [0.25, 0.3) is 0 Å². The normalized spacial score (nSPS) is 12.7. The van der Waals surface area contributed by atoms with Gasteiger partial charge in [-0.2, -0.15) is 0 Å². The van der Waals surface area contributed by atoms with Crippen molar-refractivity contribution in [1.82, 2.24) is 4.72 Å². The number of amidine groups is 1. The number of hydrogen-bond donors (Lipinski definition) is 3. The fourth-order valence-electron chi connectivity index (χ4n) is 1.01. The summed E-state index contributed by atoms with van der Waals surface area (Å²) in [5.41, 5.74) is 6.12. The first kappa shape index (κ1) is 12.5. The quantitative estimate of drug-likeness (QED) is 0.300. The summed E-state index contributed by atoms with van der Waals surface area (Å²) in [7, 11) is -3.60. The van der Waals surface area contributed by atoms with Crippen LogP contribution < -0.4 is 10.5 Å². The number of nitrogens with one attached hydrogen (secondary N) is 1. The molecule has 0 bridgehead atoms. The predicted octanol–water partition coefficient (Wildman–Crippen LogP) is 0.0197. The highest BCUT2D eigenvalue weighted by atomic mass is 32.2. The number of sulfonamides is 1. The third kappa shape index (κ3) is 3.21. The third-order valence-electron chi connectivity index (χ3n) is 1.90. The molecule has 1 aromatic carbocycles. The van der Waals surface area contributed by atoms with Gasteiger partial charge in [-0.1, -0.05) is 22.9 Å². The average Bonchev–Trinajstić information content (AvgIpc) is 2.26. The minimum Gasteiger partial charge on any atom is -0.409 e. The van der Waals surface area contributed by atoms with Crippen molar-refractivity contribution in [3.63, 3.8) is 0 Å². The molecule has 0 aromatic heterocycles. The maximum Gasteiger partial charge on any atom is 0.240 e. The fourth-order valence-corrected chi connectivity index (χ4v) is 2.00. The van der Waals surface area contributed by atoms with Crippen LogP contribution in [-0.2, 0) is 10.0 Å². The van der Waals surface area contributed by atoms with E-state index in [4.69, 9.17) is 10.9 Å². The maximum absolute atomic E-state index is 11.7. The Hall–Kier alpha value is -1.60.